The summed E-state index contributed by atoms with van der Waals surface area (Å²) >= 11 is 0. The first-order valence-corrected chi connectivity index (χ1v) is 7.40. The maximum absolute atomic E-state index is 11.8. The topological polar surface area (TPSA) is 86.0 Å². The summed E-state index contributed by atoms with van der Waals surface area (Å²) in [6, 6.07) is 5.50. The smallest absolute Gasteiger partial charge is 0.329 e. The first kappa shape index (κ1) is 15.3. The number of hydrogen-bond donors (Lipinski definition) is 2. The maximum atomic E-state index is 11.8. The van der Waals surface area contributed by atoms with Gasteiger partial charge in [-0.15, -0.1) is 0 Å². The number of aryl methyl sites for hydroxylation is 1. The molecular formula is C16H21N3O2. The van der Waals surface area contributed by atoms with Crippen molar-refractivity contribution in [3.8, 4) is 6.07 Å². The van der Waals surface area contributed by atoms with Crippen LogP contribution >= 0.6 is 0 Å². The van der Waals surface area contributed by atoms with Gasteiger partial charge in [0.1, 0.15) is 17.4 Å². The van der Waals surface area contributed by atoms with Crippen LogP contribution in [-0.4, -0.2) is 21.6 Å². The number of carboxylic acid groups (broad SMARTS) is 1. The van der Waals surface area contributed by atoms with Gasteiger partial charge >= 0.3 is 5.97 Å². The number of nitrogens with zero attached hydrogens (tertiary/aromatic N) is 2. The Balaban J connectivity index is 2.28. The highest BCUT2D eigenvalue weighted by molar-refractivity contribution is 5.83. The molecule has 2 N–H and O–H groups in total. The molecule has 112 valence electrons. The Bertz CT molecular complexity index is 569. The molecule has 0 amide bonds. The van der Waals surface area contributed by atoms with Crippen LogP contribution in [-0.2, 0) is 4.79 Å². The zero-order chi connectivity index (χ0) is 15.5. The molecule has 1 aromatic rings. The van der Waals surface area contributed by atoms with E-state index < -0.39 is 11.5 Å². The monoisotopic (exact) mass is 287 g/mol. The van der Waals surface area contributed by atoms with E-state index in [4.69, 9.17) is 5.26 Å². The molecular weight excluding hydrogens is 266 g/mol. The minimum absolute atomic E-state index is 0.384. The van der Waals surface area contributed by atoms with E-state index in [0.717, 1.165) is 25.0 Å². The van der Waals surface area contributed by atoms with E-state index in [1.807, 2.05) is 6.92 Å². The summed E-state index contributed by atoms with van der Waals surface area (Å²) in [5.74, 6) is 0.124. The first-order valence-electron chi connectivity index (χ1n) is 7.40. The average Bonchev–Trinajstić information content (AvgIpc) is 2.48. The third kappa shape index (κ3) is 3.15. The van der Waals surface area contributed by atoms with E-state index in [1.54, 1.807) is 12.1 Å². The van der Waals surface area contributed by atoms with Crippen molar-refractivity contribution in [3.63, 3.8) is 0 Å². The van der Waals surface area contributed by atoms with Crippen molar-refractivity contribution in [2.45, 2.75) is 51.5 Å². The van der Waals surface area contributed by atoms with E-state index in [1.165, 1.54) is 0 Å². The molecule has 0 saturated heterocycles. The highest BCUT2D eigenvalue weighted by Crippen LogP contribution is 2.36. The second-order valence-corrected chi connectivity index (χ2v) is 5.82. The minimum Gasteiger partial charge on any atom is -0.480 e. The van der Waals surface area contributed by atoms with Gasteiger partial charge in [0, 0.05) is 5.69 Å². The van der Waals surface area contributed by atoms with Gasteiger partial charge in [-0.1, -0.05) is 13.3 Å². The molecule has 0 spiro atoms. The van der Waals surface area contributed by atoms with Gasteiger partial charge in [0.25, 0.3) is 0 Å². The Morgan fingerprint density at radius 2 is 2.19 bits per heavy atom. The second kappa shape index (κ2) is 6.13. The summed E-state index contributed by atoms with van der Waals surface area (Å²) in [6.45, 7) is 3.97. The molecule has 21 heavy (non-hydrogen) atoms. The number of nitrogens with one attached hydrogen (secondary N) is 1. The number of aliphatic carboxylic acids is 1. The standard InChI is InChI=1S/C16H21N3O2/c1-3-12-6-8-16(9-7-12,15(20)21)19-14-13(10-17)5-4-11(2)18-14/h4-5,12H,3,6-9H2,1-2H3,(H,18,19)(H,20,21). The quantitative estimate of drug-likeness (QED) is 0.888. The number of carbonyl (C=O) groups is 1. The van der Waals surface area contributed by atoms with Crippen LogP contribution < -0.4 is 5.32 Å². The lowest BCUT2D eigenvalue weighted by molar-refractivity contribution is -0.143. The van der Waals surface area contributed by atoms with Crippen molar-refractivity contribution in [2.75, 3.05) is 5.32 Å². The van der Waals surface area contributed by atoms with Crippen LogP contribution in [0.15, 0.2) is 12.1 Å². The van der Waals surface area contributed by atoms with Crippen LogP contribution in [0.2, 0.25) is 0 Å². The molecule has 5 heteroatoms. The van der Waals surface area contributed by atoms with E-state index in [9.17, 15) is 9.90 Å². The summed E-state index contributed by atoms with van der Waals surface area (Å²) < 4.78 is 0. The predicted octanol–water partition coefficient (Wildman–Crippen LogP) is 3.10. The number of rotatable bonds is 4. The highest BCUT2D eigenvalue weighted by Gasteiger charge is 2.42. The zero-order valence-electron chi connectivity index (χ0n) is 12.5. The van der Waals surface area contributed by atoms with Crippen molar-refractivity contribution in [2.24, 2.45) is 5.92 Å². The Hall–Kier alpha value is -2.09. The third-order valence-corrected chi connectivity index (χ3v) is 4.46. The molecule has 0 radical (unpaired) electrons. The number of anilines is 1. The molecule has 5 nitrogen and oxygen atoms in total. The Labute approximate surface area is 125 Å². The summed E-state index contributed by atoms with van der Waals surface area (Å²) in [5, 5.41) is 21.9. The molecule has 0 bridgehead atoms. The van der Waals surface area contributed by atoms with Gasteiger partial charge in [0.05, 0.1) is 5.56 Å². The van der Waals surface area contributed by atoms with Crippen LogP contribution in [0.1, 0.15) is 50.3 Å². The lowest BCUT2D eigenvalue weighted by atomic mass is 9.75. The normalized spacial score (nSPS) is 25.1. The molecule has 0 atom stereocenters. The molecule has 0 aromatic carbocycles. The highest BCUT2D eigenvalue weighted by atomic mass is 16.4. The number of carboxylic acids is 1. The van der Waals surface area contributed by atoms with Crippen LogP contribution in [0.3, 0.4) is 0 Å². The van der Waals surface area contributed by atoms with Crippen molar-refractivity contribution in [3.05, 3.63) is 23.4 Å². The van der Waals surface area contributed by atoms with Gasteiger partial charge in [-0.3, -0.25) is 0 Å². The fourth-order valence-corrected chi connectivity index (χ4v) is 2.94. The molecule has 1 aromatic heterocycles. The van der Waals surface area contributed by atoms with Gasteiger partial charge in [-0.2, -0.15) is 5.26 Å². The number of pyridine rings is 1. The molecule has 2 rings (SSSR count). The largest absolute Gasteiger partial charge is 0.480 e. The average molecular weight is 287 g/mol. The summed E-state index contributed by atoms with van der Waals surface area (Å²) in [5.41, 5.74) is 0.149. The molecule has 1 heterocycles. The van der Waals surface area contributed by atoms with Crippen molar-refractivity contribution < 1.29 is 9.90 Å². The molecule has 1 saturated carbocycles. The van der Waals surface area contributed by atoms with E-state index in [2.05, 4.69) is 23.3 Å². The number of aromatic nitrogens is 1. The molecule has 1 fully saturated rings. The van der Waals surface area contributed by atoms with Crippen molar-refractivity contribution in [1.82, 2.24) is 4.98 Å². The molecule has 1 aliphatic rings. The Morgan fingerprint density at radius 1 is 1.52 bits per heavy atom. The minimum atomic E-state index is -1.00. The van der Waals surface area contributed by atoms with Crippen LogP contribution in [0.5, 0.6) is 0 Å². The Kier molecular flexibility index (Phi) is 4.46. The third-order valence-electron chi connectivity index (χ3n) is 4.46. The van der Waals surface area contributed by atoms with Gasteiger partial charge in [-0.05, 0) is 50.7 Å². The first-order chi connectivity index (χ1) is 10.0. The van der Waals surface area contributed by atoms with Crippen LogP contribution in [0.4, 0.5) is 5.82 Å². The van der Waals surface area contributed by atoms with Gasteiger partial charge in [0.15, 0.2) is 0 Å². The Morgan fingerprint density at radius 3 is 2.71 bits per heavy atom. The maximum Gasteiger partial charge on any atom is 0.329 e. The number of nitriles is 1. The predicted molar refractivity (Wildman–Crippen MR) is 79.9 cm³/mol. The molecule has 1 aliphatic carbocycles. The lowest BCUT2D eigenvalue weighted by Crippen LogP contribution is -2.49. The molecule has 0 unspecified atom stereocenters. The van der Waals surface area contributed by atoms with E-state index >= 15 is 0 Å². The van der Waals surface area contributed by atoms with Gasteiger partial charge in [0.2, 0.25) is 0 Å². The van der Waals surface area contributed by atoms with Crippen molar-refractivity contribution >= 4 is 11.8 Å². The fourth-order valence-electron chi connectivity index (χ4n) is 2.94. The molecule has 0 aliphatic heterocycles. The van der Waals surface area contributed by atoms with Crippen molar-refractivity contribution in [1.29, 1.82) is 5.26 Å². The van der Waals surface area contributed by atoms with Crippen LogP contribution in [0, 0.1) is 24.2 Å². The van der Waals surface area contributed by atoms with Crippen LogP contribution in [0.25, 0.3) is 0 Å². The zero-order valence-corrected chi connectivity index (χ0v) is 12.5. The number of hydrogen-bond acceptors (Lipinski definition) is 4. The summed E-state index contributed by atoms with van der Waals surface area (Å²) in [6.07, 6.45) is 4.01. The SMILES string of the molecule is CCC1CCC(Nc2nc(C)ccc2C#N)(C(=O)O)CC1. The van der Waals surface area contributed by atoms with E-state index in [-0.39, 0.29) is 0 Å². The lowest BCUT2D eigenvalue weighted by Gasteiger charge is -2.37. The fraction of sp³-hybridized carbons (Fsp3) is 0.562. The van der Waals surface area contributed by atoms with Gasteiger partial charge in [-0.25, -0.2) is 9.78 Å². The second-order valence-electron chi connectivity index (χ2n) is 5.82. The van der Waals surface area contributed by atoms with Gasteiger partial charge < -0.3 is 10.4 Å². The summed E-state index contributed by atoms with van der Waals surface area (Å²) in [7, 11) is 0. The summed E-state index contributed by atoms with van der Waals surface area (Å²) in [4.78, 5) is 16.1. The van der Waals surface area contributed by atoms with E-state index in [0.29, 0.717) is 30.1 Å².